The van der Waals surface area contributed by atoms with Crippen LogP contribution in [-0.2, 0) is 4.79 Å². The highest BCUT2D eigenvalue weighted by atomic mass is 79.9. The van der Waals surface area contributed by atoms with Crippen molar-refractivity contribution in [2.75, 3.05) is 4.90 Å². The van der Waals surface area contributed by atoms with Gasteiger partial charge in [0.25, 0.3) is 0 Å². The van der Waals surface area contributed by atoms with Crippen molar-refractivity contribution in [2.45, 2.75) is 18.9 Å². The van der Waals surface area contributed by atoms with Crippen molar-refractivity contribution < 1.29 is 4.79 Å². The SMILES string of the molecule is O=CN(c1ccccc1Br)C1CC1. The van der Waals surface area contributed by atoms with Gasteiger partial charge in [-0.1, -0.05) is 12.1 Å². The van der Waals surface area contributed by atoms with Gasteiger partial charge in [0.15, 0.2) is 0 Å². The monoisotopic (exact) mass is 239 g/mol. The van der Waals surface area contributed by atoms with Gasteiger partial charge < -0.3 is 4.90 Å². The van der Waals surface area contributed by atoms with Crippen LogP contribution in [0.1, 0.15) is 12.8 Å². The zero-order valence-electron chi connectivity index (χ0n) is 7.11. The summed E-state index contributed by atoms with van der Waals surface area (Å²) in [5, 5.41) is 0. The first-order valence-corrected chi connectivity index (χ1v) is 5.10. The van der Waals surface area contributed by atoms with Crippen LogP contribution in [0.25, 0.3) is 0 Å². The van der Waals surface area contributed by atoms with Crippen LogP contribution in [0.2, 0.25) is 0 Å². The van der Waals surface area contributed by atoms with Crippen molar-refractivity contribution >= 4 is 28.0 Å². The molecule has 0 heterocycles. The third-order valence-corrected chi connectivity index (χ3v) is 2.86. The quantitative estimate of drug-likeness (QED) is 0.743. The summed E-state index contributed by atoms with van der Waals surface area (Å²) in [5.74, 6) is 0. The van der Waals surface area contributed by atoms with Gasteiger partial charge in [-0.2, -0.15) is 0 Å². The average Bonchev–Trinajstić information content (AvgIpc) is 2.93. The van der Waals surface area contributed by atoms with Crippen LogP contribution in [0.3, 0.4) is 0 Å². The number of amides is 1. The topological polar surface area (TPSA) is 20.3 Å². The van der Waals surface area contributed by atoms with Crippen LogP contribution in [0, 0.1) is 0 Å². The number of carbonyl (C=O) groups excluding carboxylic acids is 1. The fourth-order valence-electron chi connectivity index (χ4n) is 1.35. The van der Waals surface area contributed by atoms with Crippen LogP contribution < -0.4 is 4.90 Å². The zero-order valence-corrected chi connectivity index (χ0v) is 8.70. The lowest BCUT2D eigenvalue weighted by atomic mass is 10.3. The fourth-order valence-corrected chi connectivity index (χ4v) is 1.84. The minimum Gasteiger partial charge on any atom is -0.311 e. The molecule has 1 aromatic carbocycles. The number of halogens is 1. The number of benzene rings is 1. The van der Waals surface area contributed by atoms with Gasteiger partial charge in [0.1, 0.15) is 0 Å². The third-order valence-electron chi connectivity index (χ3n) is 2.18. The van der Waals surface area contributed by atoms with Gasteiger partial charge in [-0.05, 0) is 40.9 Å². The molecule has 0 bridgehead atoms. The van der Waals surface area contributed by atoms with Gasteiger partial charge in [-0.25, -0.2) is 0 Å². The first kappa shape index (κ1) is 8.75. The second-order valence-electron chi connectivity index (χ2n) is 3.20. The summed E-state index contributed by atoms with van der Waals surface area (Å²) in [4.78, 5) is 12.6. The van der Waals surface area contributed by atoms with E-state index in [1.54, 1.807) is 4.90 Å². The molecule has 1 aliphatic rings. The summed E-state index contributed by atoms with van der Waals surface area (Å²) < 4.78 is 0.981. The molecule has 1 fully saturated rings. The molecule has 68 valence electrons. The molecule has 2 nitrogen and oxygen atoms in total. The Hall–Kier alpha value is -0.830. The van der Waals surface area contributed by atoms with Gasteiger partial charge in [0.05, 0.1) is 5.69 Å². The molecule has 0 aromatic heterocycles. The van der Waals surface area contributed by atoms with E-state index < -0.39 is 0 Å². The molecule has 0 radical (unpaired) electrons. The molecule has 0 atom stereocenters. The summed E-state index contributed by atoms with van der Waals surface area (Å²) in [6.07, 6.45) is 3.16. The Kier molecular flexibility index (Phi) is 2.36. The van der Waals surface area contributed by atoms with E-state index in [2.05, 4.69) is 15.9 Å². The first-order chi connectivity index (χ1) is 6.33. The molecular formula is C10H10BrNO. The van der Waals surface area contributed by atoms with Crippen molar-refractivity contribution in [3.05, 3.63) is 28.7 Å². The highest BCUT2D eigenvalue weighted by molar-refractivity contribution is 9.10. The Bertz CT molecular complexity index is 322. The first-order valence-electron chi connectivity index (χ1n) is 4.31. The highest BCUT2D eigenvalue weighted by Gasteiger charge is 2.29. The standard InChI is InChI=1S/C10H10BrNO/c11-9-3-1-2-4-10(9)12(7-13)8-5-6-8/h1-4,7-8H,5-6H2. The Morgan fingerprint density at radius 3 is 2.62 bits per heavy atom. The predicted molar refractivity (Wildman–Crippen MR) is 55.7 cm³/mol. The van der Waals surface area contributed by atoms with E-state index >= 15 is 0 Å². The molecule has 13 heavy (non-hydrogen) atoms. The van der Waals surface area contributed by atoms with Crippen molar-refractivity contribution in [3.63, 3.8) is 0 Å². The second kappa shape index (κ2) is 3.50. The number of hydrogen-bond donors (Lipinski definition) is 0. The Morgan fingerprint density at radius 2 is 2.08 bits per heavy atom. The van der Waals surface area contributed by atoms with Crippen molar-refractivity contribution in [2.24, 2.45) is 0 Å². The smallest absolute Gasteiger partial charge is 0.214 e. The Labute approximate surface area is 85.7 Å². The second-order valence-corrected chi connectivity index (χ2v) is 4.05. The maximum atomic E-state index is 10.8. The number of hydrogen-bond acceptors (Lipinski definition) is 1. The molecule has 3 heteroatoms. The zero-order chi connectivity index (χ0) is 9.26. The molecule has 2 rings (SSSR count). The number of rotatable bonds is 3. The number of para-hydroxylation sites is 1. The van der Waals surface area contributed by atoms with Crippen LogP contribution in [0.15, 0.2) is 28.7 Å². The molecule has 0 spiro atoms. The van der Waals surface area contributed by atoms with E-state index in [9.17, 15) is 4.79 Å². The molecular weight excluding hydrogens is 230 g/mol. The minimum atomic E-state index is 0.427. The molecule has 0 unspecified atom stereocenters. The van der Waals surface area contributed by atoms with E-state index in [0.717, 1.165) is 29.4 Å². The normalized spacial score (nSPS) is 15.5. The van der Waals surface area contributed by atoms with E-state index in [-0.39, 0.29) is 0 Å². The summed E-state index contributed by atoms with van der Waals surface area (Å²) in [7, 11) is 0. The van der Waals surface area contributed by atoms with E-state index in [1.807, 2.05) is 24.3 Å². The predicted octanol–water partition coefficient (Wildman–Crippen LogP) is 2.57. The lowest BCUT2D eigenvalue weighted by Gasteiger charge is -2.17. The molecule has 0 saturated heterocycles. The molecule has 1 aliphatic carbocycles. The summed E-state index contributed by atoms with van der Waals surface area (Å²) >= 11 is 3.43. The largest absolute Gasteiger partial charge is 0.311 e. The maximum Gasteiger partial charge on any atom is 0.214 e. The maximum absolute atomic E-state index is 10.8. The molecule has 1 amide bonds. The van der Waals surface area contributed by atoms with Crippen LogP contribution in [-0.4, -0.2) is 12.5 Å². The van der Waals surface area contributed by atoms with Gasteiger partial charge in [0.2, 0.25) is 6.41 Å². The highest BCUT2D eigenvalue weighted by Crippen LogP contribution is 2.34. The van der Waals surface area contributed by atoms with Crippen molar-refractivity contribution in [1.29, 1.82) is 0 Å². The number of anilines is 1. The lowest BCUT2D eigenvalue weighted by Crippen LogP contribution is -2.23. The van der Waals surface area contributed by atoms with Gasteiger partial charge in [0, 0.05) is 10.5 Å². The average molecular weight is 240 g/mol. The van der Waals surface area contributed by atoms with E-state index in [1.165, 1.54) is 0 Å². The third kappa shape index (κ3) is 1.75. The van der Waals surface area contributed by atoms with Crippen molar-refractivity contribution in [1.82, 2.24) is 0 Å². The Morgan fingerprint density at radius 1 is 1.38 bits per heavy atom. The molecule has 1 aromatic rings. The number of carbonyl (C=O) groups is 1. The van der Waals surface area contributed by atoms with E-state index in [0.29, 0.717) is 6.04 Å². The summed E-state index contributed by atoms with van der Waals surface area (Å²) in [6, 6.07) is 8.23. The van der Waals surface area contributed by atoms with Gasteiger partial charge >= 0.3 is 0 Å². The molecule has 1 saturated carbocycles. The van der Waals surface area contributed by atoms with Crippen LogP contribution >= 0.6 is 15.9 Å². The number of nitrogens with zero attached hydrogens (tertiary/aromatic N) is 1. The Balaban J connectivity index is 2.31. The van der Waals surface area contributed by atoms with Gasteiger partial charge in [-0.3, -0.25) is 4.79 Å². The van der Waals surface area contributed by atoms with Gasteiger partial charge in [-0.15, -0.1) is 0 Å². The molecule has 0 aliphatic heterocycles. The van der Waals surface area contributed by atoms with Crippen molar-refractivity contribution in [3.8, 4) is 0 Å². The van der Waals surface area contributed by atoms with Crippen LogP contribution in [0.4, 0.5) is 5.69 Å². The molecule has 0 N–H and O–H groups in total. The van der Waals surface area contributed by atoms with Crippen LogP contribution in [0.5, 0.6) is 0 Å². The summed E-state index contributed by atoms with van der Waals surface area (Å²) in [6.45, 7) is 0. The fraction of sp³-hybridized carbons (Fsp3) is 0.300. The minimum absolute atomic E-state index is 0.427. The van der Waals surface area contributed by atoms with E-state index in [4.69, 9.17) is 0 Å². The summed E-state index contributed by atoms with van der Waals surface area (Å²) in [5.41, 5.74) is 0.972. The lowest BCUT2D eigenvalue weighted by molar-refractivity contribution is -0.107.